The molecule has 13 nitrogen and oxygen atoms in total. The highest BCUT2D eigenvalue weighted by atomic mass is 35.5. The number of para-hydroxylation sites is 1. The topological polar surface area (TPSA) is 172 Å². The van der Waals surface area contributed by atoms with Crippen molar-refractivity contribution in [3.63, 3.8) is 0 Å². The number of rotatable bonds is 13. The minimum atomic E-state index is -4.61. The molecule has 0 radical (unpaired) electrons. The van der Waals surface area contributed by atoms with Gasteiger partial charge in [-0.2, -0.15) is 28.1 Å². The number of aromatic nitrogens is 4. The number of anilines is 4. The number of halogens is 5. The molecule has 1 saturated carbocycles. The van der Waals surface area contributed by atoms with Crippen LogP contribution in [-0.2, 0) is 15.1 Å². The lowest BCUT2D eigenvalue weighted by atomic mass is 9.93. The number of amides is 3. The van der Waals surface area contributed by atoms with Crippen molar-refractivity contribution >= 4 is 85.2 Å². The molecule has 282 valence electrons. The number of carbonyl (C=O) groups is 3. The molecule has 54 heavy (non-hydrogen) atoms. The number of alkyl halides is 3. The minimum Gasteiger partial charge on any atom is -0.454 e. The van der Waals surface area contributed by atoms with E-state index in [1.54, 1.807) is 56.3 Å². The van der Waals surface area contributed by atoms with Crippen molar-refractivity contribution in [3.8, 4) is 6.01 Å². The highest BCUT2D eigenvalue weighted by molar-refractivity contribution is 7.22. The Bertz CT molecular complexity index is 2180. The monoisotopic (exact) mass is 801 g/mol. The summed E-state index contributed by atoms with van der Waals surface area (Å²) in [4.78, 5) is 54.6. The van der Waals surface area contributed by atoms with Crippen LogP contribution in [0.25, 0.3) is 10.2 Å². The molecule has 3 amide bonds. The minimum absolute atomic E-state index is 0.00566. The third-order valence-electron chi connectivity index (χ3n) is 8.13. The van der Waals surface area contributed by atoms with Crippen LogP contribution in [0.4, 0.5) is 35.9 Å². The van der Waals surface area contributed by atoms with Crippen molar-refractivity contribution in [2.75, 3.05) is 35.6 Å². The van der Waals surface area contributed by atoms with Crippen molar-refractivity contribution in [1.82, 2.24) is 30.6 Å². The molecular weight excluding hydrogens is 770 g/mol. The molecule has 2 heterocycles. The molecular formula is C35H32Cl2F3N9O4S. The lowest BCUT2D eigenvalue weighted by Gasteiger charge is -2.25. The van der Waals surface area contributed by atoms with E-state index in [-0.39, 0.29) is 30.1 Å². The second-order valence-corrected chi connectivity index (χ2v) is 15.0. The van der Waals surface area contributed by atoms with Gasteiger partial charge < -0.3 is 26.0 Å². The summed E-state index contributed by atoms with van der Waals surface area (Å²) in [6.07, 6.45) is -3.15. The fourth-order valence-corrected chi connectivity index (χ4v) is 6.40. The Labute approximate surface area is 320 Å². The molecule has 5 N–H and O–H groups in total. The predicted octanol–water partition coefficient (Wildman–Crippen LogP) is 7.08. The lowest BCUT2D eigenvalue weighted by molar-refractivity contribution is -0.154. The van der Waals surface area contributed by atoms with Crippen molar-refractivity contribution in [2.24, 2.45) is 5.41 Å². The van der Waals surface area contributed by atoms with Crippen LogP contribution in [-0.4, -0.2) is 63.5 Å². The molecule has 6 rings (SSSR count). The van der Waals surface area contributed by atoms with Gasteiger partial charge in [0.2, 0.25) is 11.9 Å². The summed E-state index contributed by atoms with van der Waals surface area (Å²) in [5.41, 5.74) is 1.01. The Balaban J connectivity index is 1.03. The highest BCUT2D eigenvalue weighted by Gasteiger charge is 2.45. The number of fused-ring (bicyclic) bond motifs is 1. The van der Waals surface area contributed by atoms with E-state index in [9.17, 15) is 27.6 Å². The van der Waals surface area contributed by atoms with Crippen LogP contribution < -0.4 is 31.3 Å². The van der Waals surface area contributed by atoms with E-state index in [4.69, 9.17) is 27.9 Å². The van der Waals surface area contributed by atoms with Crippen LogP contribution in [0.2, 0.25) is 10.0 Å². The third kappa shape index (κ3) is 10.0. The molecule has 1 fully saturated rings. The van der Waals surface area contributed by atoms with Crippen molar-refractivity contribution in [3.05, 3.63) is 87.9 Å². The summed E-state index contributed by atoms with van der Waals surface area (Å²) in [6.45, 7) is 2.25. The predicted molar refractivity (Wildman–Crippen MR) is 199 cm³/mol. The average Bonchev–Trinajstić information content (AvgIpc) is 3.78. The van der Waals surface area contributed by atoms with Crippen LogP contribution in [0.1, 0.15) is 42.6 Å². The normalized spacial score (nSPS) is 13.5. The van der Waals surface area contributed by atoms with Crippen LogP contribution in [0.5, 0.6) is 6.01 Å². The van der Waals surface area contributed by atoms with Crippen LogP contribution in [0.3, 0.4) is 0 Å². The maximum Gasteiger partial charge on any atom is 0.422 e. The zero-order valence-corrected chi connectivity index (χ0v) is 30.9. The molecule has 19 heteroatoms. The number of hydrogen-bond acceptors (Lipinski definition) is 11. The zero-order valence-electron chi connectivity index (χ0n) is 28.6. The Morgan fingerprint density at radius 2 is 1.54 bits per heavy atom. The summed E-state index contributed by atoms with van der Waals surface area (Å²) < 4.78 is 44.4. The van der Waals surface area contributed by atoms with E-state index in [1.807, 2.05) is 12.1 Å². The molecule has 5 aromatic rings. The van der Waals surface area contributed by atoms with Crippen LogP contribution in [0, 0.1) is 5.41 Å². The first kappa shape index (κ1) is 38.5. The summed E-state index contributed by atoms with van der Waals surface area (Å²) in [5, 5.41) is 15.2. The highest BCUT2D eigenvalue weighted by Crippen LogP contribution is 2.48. The Morgan fingerprint density at radius 1 is 0.852 bits per heavy atom. The summed E-state index contributed by atoms with van der Waals surface area (Å²) >= 11 is 13.4. The van der Waals surface area contributed by atoms with Crippen LogP contribution >= 0.6 is 34.5 Å². The van der Waals surface area contributed by atoms with E-state index in [0.29, 0.717) is 26.8 Å². The van der Waals surface area contributed by atoms with Crippen molar-refractivity contribution < 1.29 is 32.3 Å². The lowest BCUT2D eigenvalue weighted by Crippen LogP contribution is -2.44. The molecule has 3 aromatic carbocycles. The van der Waals surface area contributed by atoms with Gasteiger partial charge in [-0.3, -0.25) is 19.7 Å². The molecule has 0 atom stereocenters. The quantitative estimate of drug-likeness (QED) is 0.0775. The van der Waals surface area contributed by atoms with E-state index < -0.39 is 47.5 Å². The molecule has 0 spiro atoms. The summed E-state index contributed by atoms with van der Waals surface area (Å²) in [7, 11) is 0. The molecule has 2 aromatic heterocycles. The van der Waals surface area contributed by atoms with Gasteiger partial charge in [0, 0.05) is 29.4 Å². The van der Waals surface area contributed by atoms with E-state index >= 15 is 0 Å². The van der Waals surface area contributed by atoms with Gasteiger partial charge in [0.15, 0.2) is 11.7 Å². The van der Waals surface area contributed by atoms with Gasteiger partial charge in [-0.25, -0.2) is 4.98 Å². The summed E-state index contributed by atoms with van der Waals surface area (Å²) in [6, 6.07) is 18.1. The smallest absolute Gasteiger partial charge is 0.422 e. The fourth-order valence-electron chi connectivity index (χ4n) is 5.11. The number of nitrogens with one attached hydrogen (secondary N) is 5. The second kappa shape index (κ2) is 15.6. The van der Waals surface area contributed by atoms with Gasteiger partial charge in [0.25, 0.3) is 5.91 Å². The zero-order chi connectivity index (χ0) is 38.7. The van der Waals surface area contributed by atoms with Gasteiger partial charge in [-0.15, -0.1) is 0 Å². The maximum absolute atomic E-state index is 13.0. The molecule has 0 aliphatic heterocycles. The number of benzene rings is 3. The number of carbonyl (C=O) groups excluding carboxylic acids is 3. The first-order valence-corrected chi connectivity index (χ1v) is 17.9. The molecule has 0 saturated heterocycles. The largest absolute Gasteiger partial charge is 0.454 e. The van der Waals surface area contributed by atoms with E-state index in [2.05, 4.69) is 46.5 Å². The second-order valence-electron chi connectivity index (χ2n) is 13.2. The van der Waals surface area contributed by atoms with Gasteiger partial charge in [0.1, 0.15) is 5.52 Å². The number of thiazole rings is 1. The molecule has 0 bridgehead atoms. The Morgan fingerprint density at radius 3 is 2.20 bits per heavy atom. The Hall–Kier alpha value is -5.26. The first-order chi connectivity index (χ1) is 25.6. The fraction of sp³-hybridized carbons (Fsp3) is 0.286. The first-order valence-electron chi connectivity index (χ1n) is 16.4. The third-order valence-corrected chi connectivity index (χ3v) is 9.63. The van der Waals surface area contributed by atoms with Crippen molar-refractivity contribution in [1.29, 1.82) is 0 Å². The van der Waals surface area contributed by atoms with Gasteiger partial charge >= 0.3 is 24.0 Å². The number of ether oxygens (including phenoxy) is 1. The van der Waals surface area contributed by atoms with Crippen molar-refractivity contribution in [2.45, 2.75) is 38.4 Å². The van der Waals surface area contributed by atoms with Gasteiger partial charge in [-0.05, 0) is 72.4 Å². The van der Waals surface area contributed by atoms with Crippen LogP contribution in [0.15, 0.2) is 66.7 Å². The Kier molecular flexibility index (Phi) is 11.1. The average molecular weight is 803 g/mol. The summed E-state index contributed by atoms with van der Waals surface area (Å²) in [5.74, 6) is -2.24. The van der Waals surface area contributed by atoms with E-state index in [0.717, 1.165) is 23.1 Å². The standard InChI is InChI=1S/C35H32Cl2F3N9O4S/c1-33(2,17-42-27(51)28(52)45-32-44-25-23(37)4-3-5-24(25)54-32)16-41-26(50)19-6-12-22(13-7-19)43-29-46-30(48-31(47-29)53-18-35(38,39)40)49-34(14-15-34)20-8-10-21(36)11-9-20/h3-13H,14-18H2,1-2H3,(H,41,50)(H,42,51)(H,44,45,52)(H2,43,46,47,48,49). The maximum atomic E-state index is 13.0. The molecule has 0 unspecified atom stereocenters. The molecule has 1 aliphatic carbocycles. The SMILES string of the molecule is CC(C)(CNC(=O)C(=O)Nc1nc2c(Cl)cccc2s1)CNC(=O)c1ccc(Nc2nc(NC3(c4ccc(Cl)cc4)CC3)nc(OCC(F)(F)F)n2)cc1. The van der Waals surface area contributed by atoms with E-state index in [1.165, 1.54) is 23.5 Å². The van der Waals surface area contributed by atoms with Gasteiger partial charge in [0.05, 0.1) is 15.3 Å². The number of hydrogen-bond donors (Lipinski definition) is 5. The van der Waals surface area contributed by atoms with Gasteiger partial charge in [-0.1, -0.05) is 66.6 Å². The number of nitrogens with zero attached hydrogens (tertiary/aromatic N) is 4. The molecule has 1 aliphatic rings.